The van der Waals surface area contributed by atoms with Gasteiger partial charge in [-0.2, -0.15) is 0 Å². The molecule has 0 atom stereocenters. The minimum absolute atomic E-state index is 0.0295. The van der Waals surface area contributed by atoms with Gasteiger partial charge in [0.2, 0.25) is 0 Å². The topological polar surface area (TPSA) is 43.1 Å². The highest BCUT2D eigenvalue weighted by Gasteiger charge is 2.10. The SMILES string of the molecule is Bc1ccc(C(=O)c2ccccc2N)cc1. The molecule has 2 nitrogen and oxygen atoms in total. The summed E-state index contributed by atoms with van der Waals surface area (Å²) in [4.78, 5) is 12.1. The van der Waals surface area contributed by atoms with Crippen LogP contribution in [0.1, 0.15) is 15.9 Å². The summed E-state index contributed by atoms with van der Waals surface area (Å²) in [5.74, 6) is -0.0295. The minimum atomic E-state index is -0.0295. The number of carbonyl (C=O) groups excluding carboxylic acids is 1. The zero-order chi connectivity index (χ0) is 11.5. The lowest BCUT2D eigenvalue weighted by atomic mass is 9.93. The minimum Gasteiger partial charge on any atom is -0.398 e. The maximum absolute atomic E-state index is 12.1. The van der Waals surface area contributed by atoms with Crippen molar-refractivity contribution >= 4 is 24.8 Å². The van der Waals surface area contributed by atoms with Gasteiger partial charge in [0, 0.05) is 16.8 Å². The standard InChI is InChI=1S/C13H12BNO/c14-10-7-5-9(6-8-10)13(16)11-3-1-2-4-12(11)15/h1-8H,14-15H2. The highest BCUT2D eigenvalue weighted by atomic mass is 16.1. The molecule has 0 aromatic heterocycles. The number of rotatable bonds is 2. The smallest absolute Gasteiger partial charge is 0.195 e. The van der Waals surface area contributed by atoms with E-state index in [1.165, 1.54) is 0 Å². The number of hydrogen-bond acceptors (Lipinski definition) is 2. The second kappa shape index (κ2) is 4.23. The number of anilines is 1. The number of nitrogen functional groups attached to an aromatic ring is 1. The molecule has 0 saturated carbocycles. The molecule has 2 aromatic rings. The van der Waals surface area contributed by atoms with Gasteiger partial charge in [0.05, 0.1) is 0 Å². The Morgan fingerprint density at radius 3 is 2.25 bits per heavy atom. The molecule has 0 fully saturated rings. The number of ketones is 1. The number of benzene rings is 2. The lowest BCUT2D eigenvalue weighted by molar-refractivity contribution is 0.103. The van der Waals surface area contributed by atoms with Gasteiger partial charge >= 0.3 is 0 Å². The summed E-state index contributed by atoms with van der Waals surface area (Å²) < 4.78 is 0. The van der Waals surface area contributed by atoms with Crippen LogP contribution in [0.25, 0.3) is 0 Å². The van der Waals surface area contributed by atoms with Gasteiger partial charge in [0.1, 0.15) is 7.85 Å². The highest BCUT2D eigenvalue weighted by molar-refractivity contribution is 6.32. The third kappa shape index (κ3) is 1.98. The lowest BCUT2D eigenvalue weighted by Gasteiger charge is -2.04. The largest absolute Gasteiger partial charge is 0.398 e. The van der Waals surface area contributed by atoms with Crippen LogP contribution in [0.2, 0.25) is 0 Å². The maximum Gasteiger partial charge on any atom is 0.195 e. The molecule has 16 heavy (non-hydrogen) atoms. The van der Waals surface area contributed by atoms with Crippen LogP contribution in [0.4, 0.5) is 5.69 Å². The zero-order valence-electron chi connectivity index (χ0n) is 9.10. The van der Waals surface area contributed by atoms with Gasteiger partial charge in [-0.3, -0.25) is 4.79 Å². The normalized spacial score (nSPS) is 10.0. The van der Waals surface area contributed by atoms with Crippen LogP contribution >= 0.6 is 0 Å². The Morgan fingerprint density at radius 1 is 1.00 bits per heavy atom. The van der Waals surface area contributed by atoms with Crippen LogP contribution in [-0.4, -0.2) is 13.6 Å². The number of hydrogen-bond donors (Lipinski definition) is 1. The van der Waals surface area contributed by atoms with E-state index in [-0.39, 0.29) is 5.78 Å². The van der Waals surface area contributed by atoms with Gasteiger partial charge in [0.15, 0.2) is 5.78 Å². The van der Waals surface area contributed by atoms with E-state index in [1.807, 2.05) is 44.2 Å². The molecule has 2 rings (SSSR count). The fraction of sp³-hybridized carbons (Fsp3) is 0. The van der Waals surface area contributed by atoms with Crippen LogP contribution in [0.15, 0.2) is 48.5 Å². The summed E-state index contributed by atoms with van der Waals surface area (Å²) in [5.41, 5.74) is 8.66. The third-order valence-electron chi connectivity index (χ3n) is 2.52. The molecule has 0 radical (unpaired) electrons. The molecule has 0 amide bonds. The zero-order valence-corrected chi connectivity index (χ0v) is 9.10. The summed E-state index contributed by atoms with van der Waals surface area (Å²) in [5, 5.41) is 0. The molecule has 0 spiro atoms. The van der Waals surface area contributed by atoms with E-state index >= 15 is 0 Å². The Labute approximate surface area is 95.5 Å². The summed E-state index contributed by atoms with van der Waals surface area (Å²) >= 11 is 0. The van der Waals surface area contributed by atoms with Crippen LogP contribution < -0.4 is 11.2 Å². The second-order valence-corrected chi connectivity index (χ2v) is 3.78. The Balaban J connectivity index is 2.40. The van der Waals surface area contributed by atoms with Crippen LogP contribution in [0.5, 0.6) is 0 Å². The molecule has 0 unspecified atom stereocenters. The van der Waals surface area contributed by atoms with Crippen molar-refractivity contribution in [3.05, 3.63) is 59.7 Å². The Bertz CT molecular complexity index is 520. The predicted octanol–water partition coefficient (Wildman–Crippen LogP) is 0.758. The van der Waals surface area contributed by atoms with Gasteiger partial charge in [-0.25, -0.2) is 0 Å². The number of para-hydroxylation sites is 1. The van der Waals surface area contributed by atoms with Crippen LogP contribution in [-0.2, 0) is 0 Å². The summed E-state index contributed by atoms with van der Waals surface area (Å²) in [7, 11) is 1.99. The fourth-order valence-electron chi connectivity index (χ4n) is 1.56. The first kappa shape index (κ1) is 10.5. The fourth-order valence-corrected chi connectivity index (χ4v) is 1.56. The molecular weight excluding hydrogens is 197 g/mol. The average Bonchev–Trinajstić information content (AvgIpc) is 2.30. The predicted molar refractivity (Wildman–Crippen MR) is 68.9 cm³/mol. The number of nitrogens with two attached hydrogens (primary N) is 1. The molecule has 0 aliphatic heterocycles. The van der Waals surface area contributed by atoms with Crippen molar-refractivity contribution in [2.75, 3.05) is 5.73 Å². The molecule has 0 saturated heterocycles. The van der Waals surface area contributed by atoms with Gasteiger partial charge in [-0.15, -0.1) is 0 Å². The quantitative estimate of drug-likeness (QED) is 0.450. The van der Waals surface area contributed by atoms with Gasteiger partial charge in [0.25, 0.3) is 0 Å². The van der Waals surface area contributed by atoms with E-state index in [1.54, 1.807) is 12.1 Å². The first-order valence-corrected chi connectivity index (χ1v) is 5.14. The van der Waals surface area contributed by atoms with E-state index in [4.69, 9.17) is 5.73 Å². The highest BCUT2D eigenvalue weighted by Crippen LogP contribution is 2.15. The first-order chi connectivity index (χ1) is 7.68. The van der Waals surface area contributed by atoms with Crippen molar-refractivity contribution in [3.63, 3.8) is 0 Å². The lowest BCUT2D eigenvalue weighted by Crippen LogP contribution is -2.07. The van der Waals surface area contributed by atoms with Gasteiger partial charge in [-0.05, 0) is 12.1 Å². The number of carbonyl (C=O) groups is 1. The van der Waals surface area contributed by atoms with Gasteiger partial charge < -0.3 is 5.73 Å². The van der Waals surface area contributed by atoms with Gasteiger partial charge in [-0.1, -0.05) is 41.9 Å². The molecule has 78 valence electrons. The van der Waals surface area contributed by atoms with E-state index in [0.717, 1.165) is 5.46 Å². The Hall–Kier alpha value is -2.03. The maximum atomic E-state index is 12.1. The average molecular weight is 209 g/mol. The van der Waals surface area contributed by atoms with Crippen LogP contribution in [0, 0.1) is 0 Å². The molecule has 2 aromatic carbocycles. The molecular formula is C13H12BNO. The van der Waals surface area contributed by atoms with Crippen LogP contribution in [0.3, 0.4) is 0 Å². The molecule has 0 heterocycles. The van der Waals surface area contributed by atoms with Crippen molar-refractivity contribution < 1.29 is 4.79 Å². The molecule has 2 N–H and O–H groups in total. The van der Waals surface area contributed by atoms with E-state index in [0.29, 0.717) is 16.8 Å². The summed E-state index contributed by atoms with van der Waals surface area (Å²) in [6.45, 7) is 0. The summed E-state index contributed by atoms with van der Waals surface area (Å²) in [6.07, 6.45) is 0. The van der Waals surface area contributed by atoms with E-state index in [9.17, 15) is 4.79 Å². The third-order valence-corrected chi connectivity index (χ3v) is 2.52. The van der Waals surface area contributed by atoms with E-state index in [2.05, 4.69) is 0 Å². The molecule has 3 heteroatoms. The Kier molecular flexibility index (Phi) is 2.77. The monoisotopic (exact) mass is 209 g/mol. The molecule has 0 aliphatic rings. The van der Waals surface area contributed by atoms with Crippen molar-refractivity contribution in [3.8, 4) is 0 Å². The van der Waals surface area contributed by atoms with Crippen molar-refractivity contribution in [2.45, 2.75) is 0 Å². The second-order valence-electron chi connectivity index (χ2n) is 3.78. The van der Waals surface area contributed by atoms with Crippen molar-refractivity contribution in [2.24, 2.45) is 0 Å². The Morgan fingerprint density at radius 2 is 1.62 bits per heavy atom. The molecule has 0 aliphatic carbocycles. The first-order valence-electron chi connectivity index (χ1n) is 5.14. The molecule has 0 bridgehead atoms. The van der Waals surface area contributed by atoms with Crippen molar-refractivity contribution in [1.29, 1.82) is 0 Å². The van der Waals surface area contributed by atoms with Crippen molar-refractivity contribution in [1.82, 2.24) is 0 Å². The summed E-state index contributed by atoms with van der Waals surface area (Å²) in [6, 6.07) is 14.6. The van der Waals surface area contributed by atoms with E-state index < -0.39 is 0 Å².